The zero-order valence-corrected chi connectivity index (χ0v) is 13.6. The number of halogens is 2. The summed E-state index contributed by atoms with van der Waals surface area (Å²) in [5.41, 5.74) is 0.551. The summed E-state index contributed by atoms with van der Waals surface area (Å²) in [7, 11) is -3.34. The maximum absolute atomic E-state index is 12.1. The summed E-state index contributed by atoms with van der Waals surface area (Å²) < 4.78 is 28.2. The summed E-state index contributed by atoms with van der Waals surface area (Å²) in [6, 6.07) is 5.50. The van der Waals surface area contributed by atoms with Gasteiger partial charge in [-0.3, -0.25) is 4.72 Å². The molecule has 1 fully saturated rings. The predicted molar refractivity (Wildman–Crippen MR) is 80.3 cm³/mol. The Balaban J connectivity index is 2.12. The minimum absolute atomic E-state index is 0.0590. The Morgan fingerprint density at radius 3 is 2.56 bits per heavy atom. The van der Waals surface area contributed by atoms with Crippen molar-refractivity contribution in [1.82, 2.24) is 5.32 Å². The van der Waals surface area contributed by atoms with E-state index in [9.17, 15) is 8.42 Å². The number of nitrogens with one attached hydrogen (secondary N) is 2. The van der Waals surface area contributed by atoms with Gasteiger partial charge in [0.1, 0.15) is 0 Å². The summed E-state index contributed by atoms with van der Waals surface area (Å²) in [5, 5.41) is 3.19. The SMILES string of the molecule is O=S(=O)(CC1CCCN1)Nc1c(Br)cccc1Br. The third-order valence-corrected chi connectivity index (χ3v) is 5.48. The molecule has 0 saturated carbocycles. The smallest absolute Gasteiger partial charge is 0.234 e. The highest BCUT2D eigenvalue weighted by atomic mass is 79.9. The van der Waals surface area contributed by atoms with Gasteiger partial charge in [-0.15, -0.1) is 0 Å². The van der Waals surface area contributed by atoms with Crippen molar-refractivity contribution in [3.8, 4) is 0 Å². The number of para-hydroxylation sites is 1. The Kier molecular flexibility index (Phi) is 4.69. The van der Waals surface area contributed by atoms with Gasteiger partial charge in [0.05, 0.1) is 11.4 Å². The van der Waals surface area contributed by atoms with Crippen molar-refractivity contribution in [1.29, 1.82) is 0 Å². The van der Waals surface area contributed by atoms with Gasteiger partial charge in [-0.1, -0.05) is 6.07 Å². The molecule has 4 nitrogen and oxygen atoms in total. The van der Waals surface area contributed by atoms with Crippen LogP contribution in [0.4, 0.5) is 5.69 Å². The Morgan fingerprint density at radius 1 is 1.33 bits per heavy atom. The molecule has 18 heavy (non-hydrogen) atoms. The van der Waals surface area contributed by atoms with E-state index in [1.54, 1.807) is 12.1 Å². The van der Waals surface area contributed by atoms with Crippen molar-refractivity contribution >= 4 is 47.6 Å². The molecule has 0 radical (unpaired) electrons. The topological polar surface area (TPSA) is 58.2 Å². The third kappa shape index (κ3) is 3.69. The van der Waals surface area contributed by atoms with E-state index < -0.39 is 10.0 Å². The fourth-order valence-electron chi connectivity index (χ4n) is 1.96. The molecule has 0 amide bonds. The average molecular weight is 398 g/mol. The van der Waals surface area contributed by atoms with Gasteiger partial charge in [0.25, 0.3) is 0 Å². The lowest BCUT2D eigenvalue weighted by atomic mass is 10.3. The Labute approximate surface area is 124 Å². The molecule has 100 valence electrons. The largest absolute Gasteiger partial charge is 0.313 e. The number of benzene rings is 1. The molecule has 1 aliphatic rings. The fourth-order valence-corrected chi connectivity index (χ4v) is 4.84. The minimum Gasteiger partial charge on any atom is -0.313 e. The van der Waals surface area contributed by atoms with Crippen molar-refractivity contribution in [3.63, 3.8) is 0 Å². The normalized spacial score (nSPS) is 20.0. The molecule has 0 aromatic heterocycles. The quantitative estimate of drug-likeness (QED) is 0.821. The molecule has 1 aromatic carbocycles. The number of hydrogen-bond acceptors (Lipinski definition) is 3. The molecule has 1 aromatic rings. The Hall–Kier alpha value is -0.110. The first kappa shape index (κ1) is 14.3. The van der Waals surface area contributed by atoms with Crippen LogP contribution >= 0.6 is 31.9 Å². The molecule has 0 aliphatic carbocycles. The highest BCUT2D eigenvalue weighted by molar-refractivity contribution is 9.11. The molecule has 1 saturated heterocycles. The van der Waals surface area contributed by atoms with E-state index in [0.29, 0.717) is 5.69 Å². The monoisotopic (exact) mass is 396 g/mol. The van der Waals surface area contributed by atoms with Crippen molar-refractivity contribution in [3.05, 3.63) is 27.1 Å². The van der Waals surface area contributed by atoms with Gasteiger partial charge in [-0.25, -0.2) is 8.42 Å². The summed E-state index contributed by atoms with van der Waals surface area (Å²) in [6.07, 6.45) is 1.96. The summed E-state index contributed by atoms with van der Waals surface area (Å²) in [6.45, 7) is 0.902. The summed E-state index contributed by atoms with van der Waals surface area (Å²) in [5.74, 6) is 0.112. The van der Waals surface area contributed by atoms with Crippen LogP contribution in [0.1, 0.15) is 12.8 Å². The fraction of sp³-hybridized carbons (Fsp3) is 0.455. The number of anilines is 1. The van der Waals surface area contributed by atoms with Crippen LogP contribution in [0.3, 0.4) is 0 Å². The zero-order valence-electron chi connectivity index (χ0n) is 9.62. The van der Waals surface area contributed by atoms with E-state index in [1.807, 2.05) is 6.07 Å². The van der Waals surface area contributed by atoms with Crippen LogP contribution in [0.15, 0.2) is 27.1 Å². The minimum atomic E-state index is -3.34. The first-order chi connectivity index (χ1) is 8.48. The highest BCUT2D eigenvalue weighted by Crippen LogP contribution is 2.31. The number of rotatable bonds is 4. The van der Waals surface area contributed by atoms with Gasteiger partial charge in [0, 0.05) is 15.0 Å². The molecule has 1 heterocycles. The second kappa shape index (κ2) is 5.90. The van der Waals surface area contributed by atoms with Gasteiger partial charge in [0.15, 0.2) is 0 Å². The zero-order chi connectivity index (χ0) is 13.2. The van der Waals surface area contributed by atoms with Gasteiger partial charge in [-0.05, 0) is 63.4 Å². The summed E-state index contributed by atoms with van der Waals surface area (Å²) in [4.78, 5) is 0. The van der Waals surface area contributed by atoms with Crippen molar-refractivity contribution in [2.45, 2.75) is 18.9 Å². The first-order valence-electron chi connectivity index (χ1n) is 5.66. The van der Waals surface area contributed by atoms with E-state index >= 15 is 0 Å². The van der Waals surface area contributed by atoms with Gasteiger partial charge >= 0.3 is 0 Å². The molecule has 7 heteroatoms. The summed E-state index contributed by atoms with van der Waals surface area (Å²) >= 11 is 6.68. The van der Waals surface area contributed by atoms with E-state index in [0.717, 1.165) is 28.3 Å². The Bertz CT molecular complexity index is 508. The molecular weight excluding hydrogens is 384 g/mol. The van der Waals surface area contributed by atoms with Crippen LogP contribution in [0, 0.1) is 0 Å². The molecule has 2 rings (SSSR count). The van der Waals surface area contributed by atoms with Crippen molar-refractivity contribution in [2.24, 2.45) is 0 Å². The number of hydrogen-bond donors (Lipinski definition) is 2. The highest BCUT2D eigenvalue weighted by Gasteiger charge is 2.23. The van der Waals surface area contributed by atoms with Gasteiger partial charge in [0.2, 0.25) is 10.0 Å². The average Bonchev–Trinajstić information content (AvgIpc) is 2.75. The first-order valence-corrected chi connectivity index (χ1v) is 8.90. The Morgan fingerprint density at radius 2 is 2.00 bits per heavy atom. The van der Waals surface area contributed by atoms with E-state index in [4.69, 9.17) is 0 Å². The van der Waals surface area contributed by atoms with Crippen molar-refractivity contribution < 1.29 is 8.42 Å². The van der Waals surface area contributed by atoms with Crippen LogP contribution in [0.25, 0.3) is 0 Å². The molecule has 0 spiro atoms. The predicted octanol–water partition coefficient (Wildman–Crippen LogP) is 2.71. The van der Waals surface area contributed by atoms with Crippen LogP contribution < -0.4 is 10.0 Å². The molecular formula is C11H14Br2N2O2S. The lowest BCUT2D eigenvalue weighted by molar-refractivity contribution is 0.581. The third-order valence-electron chi connectivity index (χ3n) is 2.80. The molecule has 1 atom stereocenters. The lowest BCUT2D eigenvalue weighted by Crippen LogP contribution is -2.32. The maximum Gasteiger partial charge on any atom is 0.234 e. The molecule has 2 N–H and O–H groups in total. The van der Waals surface area contributed by atoms with Crippen molar-refractivity contribution in [2.75, 3.05) is 17.0 Å². The van der Waals surface area contributed by atoms with Crippen LogP contribution in [0.5, 0.6) is 0 Å². The second-order valence-corrected chi connectivity index (χ2v) is 7.75. The van der Waals surface area contributed by atoms with Gasteiger partial charge < -0.3 is 5.32 Å². The van der Waals surface area contributed by atoms with E-state index in [2.05, 4.69) is 41.9 Å². The van der Waals surface area contributed by atoms with Crippen LogP contribution in [-0.2, 0) is 10.0 Å². The van der Waals surface area contributed by atoms with E-state index in [1.165, 1.54) is 0 Å². The lowest BCUT2D eigenvalue weighted by Gasteiger charge is -2.14. The van der Waals surface area contributed by atoms with Crippen LogP contribution in [0.2, 0.25) is 0 Å². The standard InChI is InChI=1S/C11H14Br2N2O2S/c12-9-4-1-5-10(13)11(9)15-18(16,17)7-8-3-2-6-14-8/h1,4-5,8,14-15H,2-3,6-7H2. The number of sulfonamides is 1. The molecule has 1 unspecified atom stereocenters. The molecule has 1 aliphatic heterocycles. The van der Waals surface area contributed by atoms with Crippen LogP contribution in [-0.4, -0.2) is 26.8 Å². The van der Waals surface area contributed by atoms with Gasteiger partial charge in [-0.2, -0.15) is 0 Å². The van der Waals surface area contributed by atoms with E-state index in [-0.39, 0.29) is 11.8 Å². The molecule has 0 bridgehead atoms. The second-order valence-electron chi connectivity index (χ2n) is 4.27. The maximum atomic E-state index is 12.1.